The number of esters is 1. The third-order valence-electron chi connectivity index (χ3n) is 2.51. The fourth-order valence-electron chi connectivity index (χ4n) is 1.68. The summed E-state index contributed by atoms with van der Waals surface area (Å²) < 4.78 is 5.18. The Bertz CT molecular complexity index is 380. The topological polar surface area (TPSA) is 39.2 Å². The van der Waals surface area contributed by atoms with Crippen molar-refractivity contribution in [1.29, 1.82) is 0 Å². The predicted molar refractivity (Wildman–Crippen MR) is 73.1 cm³/mol. The van der Waals surface area contributed by atoms with Gasteiger partial charge in [0.1, 0.15) is 0 Å². The van der Waals surface area contributed by atoms with Crippen LogP contribution in [0.4, 0.5) is 0 Å². The Hall–Kier alpha value is -1.09. The molecule has 1 aromatic rings. The number of ether oxygens (including phenoxy) is 1. The third kappa shape index (κ3) is 5.05. The van der Waals surface area contributed by atoms with Crippen molar-refractivity contribution in [2.45, 2.75) is 45.6 Å². The molecular formula is C14H20ClNO2. The summed E-state index contributed by atoms with van der Waals surface area (Å²) in [5, 5.41) is 0. The van der Waals surface area contributed by atoms with Gasteiger partial charge in [-0.2, -0.15) is 0 Å². The average molecular weight is 270 g/mol. The smallest absolute Gasteiger partial charge is 0.357 e. The lowest BCUT2D eigenvalue weighted by molar-refractivity contribution is 0.0369. The van der Waals surface area contributed by atoms with Crippen LogP contribution in [0.5, 0.6) is 0 Å². The second-order valence-corrected chi connectivity index (χ2v) is 4.84. The van der Waals surface area contributed by atoms with E-state index in [1.54, 1.807) is 6.20 Å². The van der Waals surface area contributed by atoms with Gasteiger partial charge in [0, 0.05) is 12.1 Å². The highest BCUT2D eigenvalue weighted by atomic mass is 35.5. The minimum atomic E-state index is -0.335. The van der Waals surface area contributed by atoms with E-state index in [1.165, 1.54) is 0 Å². The Morgan fingerprint density at radius 2 is 2.17 bits per heavy atom. The maximum absolute atomic E-state index is 11.9. The van der Waals surface area contributed by atoms with Crippen LogP contribution >= 0.6 is 11.6 Å². The molecule has 18 heavy (non-hydrogen) atoms. The number of hydrogen-bond donors (Lipinski definition) is 0. The number of rotatable bonds is 7. The fraction of sp³-hybridized carbons (Fsp3) is 0.571. The van der Waals surface area contributed by atoms with Gasteiger partial charge in [0.2, 0.25) is 0 Å². The van der Waals surface area contributed by atoms with Crippen molar-refractivity contribution in [1.82, 2.24) is 4.98 Å². The van der Waals surface area contributed by atoms with Gasteiger partial charge >= 0.3 is 5.97 Å². The van der Waals surface area contributed by atoms with Crippen molar-refractivity contribution in [2.75, 3.05) is 5.88 Å². The van der Waals surface area contributed by atoms with E-state index in [-0.39, 0.29) is 12.1 Å². The number of aryl methyl sites for hydroxylation is 1. The predicted octanol–water partition coefficient (Wildman–Crippen LogP) is 3.60. The van der Waals surface area contributed by atoms with Gasteiger partial charge in [0.15, 0.2) is 5.69 Å². The molecule has 0 amide bonds. The van der Waals surface area contributed by atoms with Crippen molar-refractivity contribution in [3.63, 3.8) is 0 Å². The number of hydrogen-bond acceptors (Lipinski definition) is 3. The third-order valence-corrected chi connectivity index (χ3v) is 2.77. The maximum Gasteiger partial charge on any atom is 0.357 e. The molecule has 0 aromatic carbocycles. The Labute approximate surface area is 114 Å². The summed E-state index contributed by atoms with van der Waals surface area (Å²) in [6.45, 7) is 3.67. The molecule has 4 heteroatoms. The van der Waals surface area contributed by atoms with Gasteiger partial charge in [0.25, 0.3) is 0 Å². The molecule has 0 fully saturated rings. The van der Waals surface area contributed by atoms with Crippen molar-refractivity contribution in [3.8, 4) is 0 Å². The van der Waals surface area contributed by atoms with Crippen LogP contribution in [-0.4, -0.2) is 22.9 Å². The second kappa shape index (κ2) is 8.09. The number of pyridine rings is 1. The molecule has 100 valence electrons. The van der Waals surface area contributed by atoms with E-state index < -0.39 is 0 Å². The minimum Gasteiger partial charge on any atom is -0.458 e. The van der Waals surface area contributed by atoms with Gasteiger partial charge in [-0.25, -0.2) is 9.78 Å². The monoisotopic (exact) mass is 269 g/mol. The quantitative estimate of drug-likeness (QED) is 0.431. The molecule has 0 unspecified atom stereocenters. The average Bonchev–Trinajstić information content (AvgIpc) is 2.34. The van der Waals surface area contributed by atoms with Crippen LogP contribution in [0.1, 0.15) is 49.2 Å². The Balaban J connectivity index is 2.64. The van der Waals surface area contributed by atoms with Gasteiger partial charge in [-0.15, -0.1) is 11.6 Å². The van der Waals surface area contributed by atoms with Crippen molar-refractivity contribution in [3.05, 3.63) is 29.6 Å². The molecule has 0 saturated carbocycles. The lowest BCUT2D eigenvalue weighted by Gasteiger charge is -2.10. The first-order valence-corrected chi connectivity index (χ1v) is 6.89. The van der Waals surface area contributed by atoms with Crippen molar-refractivity contribution >= 4 is 17.6 Å². The van der Waals surface area contributed by atoms with Crippen LogP contribution in [0.3, 0.4) is 0 Å². The van der Waals surface area contributed by atoms with Crippen LogP contribution in [0.15, 0.2) is 18.3 Å². The van der Waals surface area contributed by atoms with E-state index in [9.17, 15) is 4.79 Å². The highest BCUT2D eigenvalue weighted by Gasteiger charge is 2.14. The SMILES string of the molecule is CC(C)OC(=O)c1ncccc1CCCCCCl. The first-order valence-electron chi connectivity index (χ1n) is 6.36. The second-order valence-electron chi connectivity index (χ2n) is 4.46. The highest BCUT2D eigenvalue weighted by molar-refractivity contribution is 6.17. The van der Waals surface area contributed by atoms with Crippen LogP contribution in [0.2, 0.25) is 0 Å². The van der Waals surface area contributed by atoms with E-state index in [4.69, 9.17) is 16.3 Å². The zero-order chi connectivity index (χ0) is 13.4. The van der Waals surface area contributed by atoms with E-state index in [0.717, 1.165) is 31.2 Å². The number of alkyl halides is 1. The molecule has 0 N–H and O–H groups in total. The molecule has 0 atom stereocenters. The molecule has 0 radical (unpaired) electrons. The molecule has 0 bridgehead atoms. The van der Waals surface area contributed by atoms with Crippen molar-refractivity contribution in [2.24, 2.45) is 0 Å². The first-order chi connectivity index (χ1) is 8.65. The number of aromatic nitrogens is 1. The molecule has 0 spiro atoms. The van der Waals surface area contributed by atoms with E-state index in [0.29, 0.717) is 11.6 Å². The van der Waals surface area contributed by atoms with Gasteiger partial charge in [-0.3, -0.25) is 0 Å². The normalized spacial score (nSPS) is 10.7. The molecule has 0 aliphatic carbocycles. The van der Waals surface area contributed by atoms with Crippen molar-refractivity contribution < 1.29 is 9.53 Å². The summed E-state index contributed by atoms with van der Waals surface area (Å²) in [6, 6.07) is 3.79. The number of nitrogens with zero attached hydrogens (tertiary/aromatic N) is 1. The van der Waals surface area contributed by atoms with Gasteiger partial charge in [0.05, 0.1) is 6.10 Å². The zero-order valence-electron chi connectivity index (χ0n) is 11.0. The zero-order valence-corrected chi connectivity index (χ0v) is 11.7. The Kier molecular flexibility index (Phi) is 6.73. The number of carbonyl (C=O) groups excluding carboxylic acids is 1. The summed E-state index contributed by atoms with van der Waals surface area (Å²) >= 11 is 5.64. The summed E-state index contributed by atoms with van der Waals surface area (Å²) in [5.74, 6) is 0.355. The minimum absolute atomic E-state index is 0.122. The summed E-state index contributed by atoms with van der Waals surface area (Å²) in [4.78, 5) is 16.0. The van der Waals surface area contributed by atoms with E-state index in [2.05, 4.69) is 4.98 Å². The summed E-state index contributed by atoms with van der Waals surface area (Å²) in [7, 11) is 0. The number of halogens is 1. The van der Waals surface area contributed by atoms with Crippen LogP contribution in [0, 0.1) is 0 Å². The highest BCUT2D eigenvalue weighted by Crippen LogP contribution is 2.12. The Morgan fingerprint density at radius 1 is 1.39 bits per heavy atom. The molecule has 1 aromatic heterocycles. The lowest BCUT2D eigenvalue weighted by atomic mass is 10.1. The summed E-state index contributed by atoms with van der Waals surface area (Å²) in [6.07, 6.45) is 5.43. The molecule has 1 rings (SSSR count). The van der Waals surface area contributed by atoms with Crippen LogP contribution in [-0.2, 0) is 11.2 Å². The van der Waals surface area contributed by atoms with Gasteiger partial charge in [-0.1, -0.05) is 12.5 Å². The molecule has 3 nitrogen and oxygen atoms in total. The first kappa shape index (κ1) is 15.0. The molecule has 0 aliphatic rings. The van der Waals surface area contributed by atoms with E-state index >= 15 is 0 Å². The molecule has 1 heterocycles. The fourth-order valence-corrected chi connectivity index (χ4v) is 1.87. The molecule has 0 saturated heterocycles. The standard InChI is InChI=1S/C14H20ClNO2/c1-11(2)18-14(17)13-12(8-6-10-16-13)7-4-3-5-9-15/h6,8,10-11H,3-5,7,9H2,1-2H3. The molecule has 0 aliphatic heterocycles. The summed E-state index contributed by atoms with van der Waals surface area (Å²) in [5.41, 5.74) is 1.40. The maximum atomic E-state index is 11.9. The van der Waals surface area contributed by atoms with Gasteiger partial charge < -0.3 is 4.74 Å². The largest absolute Gasteiger partial charge is 0.458 e. The molecular weight excluding hydrogens is 250 g/mol. The Morgan fingerprint density at radius 3 is 2.83 bits per heavy atom. The van der Waals surface area contributed by atoms with Gasteiger partial charge in [-0.05, 0) is 44.7 Å². The number of carbonyl (C=O) groups is 1. The lowest BCUT2D eigenvalue weighted by Crippen LogP contribution is -2.15. The number of unbranched alkanes of at least 4 members (excludes halogenated alkanes) is 2. The van der Waals surface area contributed by atoms with E-state index in [1.807, 2.05) is 26.0 Å². The van der Waals surface area contributed by atoms with Crippen LogP contribution in [0.25, 0.3) is 0 Å². The van der Waals surface area contributed by atoms with Crippen LogP contribution < -0.4 is 0 Å².